The molecule has 0 aromatic rings. The average Bonchev–Trinajstić information content (AvgIpc) is 3.10. The summed E-state index contributed by atoms with van der Waals surface area (Å²) in [5.74, 6) is -0.748. The molecule has 0 spiro atoms. The van der Waals surface area contributed by atoms with Crippen molar-refractivity contribution in [3.63, 3.8) is 0 Å². The number of carbonyl (C=O) groups is 2. The van der Waals surface area contributed by atoms with E-state index in [0.29, 0.717) is 6.42 Å². The van der Waals surface area contributed by atoms with Gasteiger partial charge in [0.05, 0.1) is 25.7 Å². The first-order chi connectivity index (χ1) is 10.3. The number of methoxy groups -OCH3 is 1. The van der Waals surface area contributed by atoms with Gasteiger partial charge >= 0.3 is 5.97 Å². The molecule has 22 heavy (non-hydrogen) atoms. The molecule has 3 rings (SSSR count). The number of fused-ring (bicyclic) bond motifs is 3. The van der Waals surface area contributed by atoms with Gasteiger partial charge in [0.1, 0.15) is 12.3 Å². The Morgan fingerprint density at radius 1 is 1.50 bits per heavy atom. The Kier molecular flexibility index (Phi) is 3.97. The van der Waals surface area contributed by atoms with E-state index in [1.54, 1.807) is 4.90 Å². The summed E-state index contributed by atoms with van der Waals surface area (Å²) in [6, 6.07) is 0. The Morgan fingerprint density at radius 2 is 2.18 bits per heavy atom. The SMILES string of the molecule is COC(=O)[C@]12CO[C@H](C(C)(C)C)N1C(=O)[C@@H]1C[C@@H](CI)O[C@@H]12. The molecule has 5 atom stereocenters. The molecule has 7 heteroatoms. The van der Waals surface area contributed by atoms with Crippen LogP contribution in [0.15, 0.2) is 0 Å². The molecule has 0 saturated carbocycles. The first-order valence-corrected chi connectivity index (χ1v) is 9.04. The van der Waals surface area contributed by atoms with Gasteiger partial charge in [-0.3, -0.25) is 9.69 Å². The highest BCUT2D eigenvalue weighted by Gasteiger charge is 2.72. The first kappa shape index (κ1) is 16.4. The fourth-order valence-electron chi connectivity index (χ4n) is 3.90. The predicted octanol–water partition coefficient (Wildman–Crippen LogP) is 1.35. The molecule has 124 valence electrons. The molecule has 0 bridgehead atoms. The number of amides is 1. The standard InChI is InChI=1S/C15H22INO5/c1-14(2,3)12-17-11(18)9-5-8(6-16)22-10(9)15(17,7-21-12)13(19)20-4/h8-10,12H,5-7H2,1-4H3/t8-,9+,10-,12+,15+/m0/s1. The molecule has 0 aliphatic carbocycles. The summed E-state index contributed by atoms with van der Waals surface area (Å²) in [5.41, 5.74) is -1.41. The monoisotopic (exact) mass is 423 g/mol. The molecular formula is C15H22INO5. The molecule has 0 aromatic heterocycles. The van der Waals surface area contributed by atoms with Crippen molar-refractivity contribution in [3.8, 4) is 0 Å². The molecular weight excluding hydrogens is 401 g/mol. The number of halogens is 1. The van der Waals surface area contributed by atoms with Crippen molar-refractivity contribution >= 4 is 34.5 Å². The fraction of sp³-hybridized carbons (Fsp3) is 0.867. The third-order valence-electron chi connectivity index (χ3n) is 4.82. The van der Waals surface area contributed by atoms with Crippen molar-refractivity contribution in [2.75, 3.05) is 18.1 Å². The number of alkyl halides is 1. The van der Waals surface area contributed by atoms with Crippen LogP contribution in [0.1, 0.15) is 27.2 Å². The molecule has 3 fully saturated rings. The van der Waals surface area contributed by atoms with Crippen LogP contribution in [0.3, 0.4) is 0 Å². The minimum Gasteiger partial charge on any atom is -0.467 e. The van der Waals surface area contributed by atoms with Gasteiger partial charge in [0.2, 0.25) is 5.91 Å². The summed E-state index contributed by atoms with van der Waals surface area (Å²) in [7, 11) is 1.35. The quantitative estimate of drug-likeness (QED) is 0.381. The normalized spacial score (nSPS) is 40.8. The number of esters is 1. The molecule has 3 saturated heterocycles. The fourth-order valence-corrected chi connectivity index (χ4v) is 4.46. The maximum Gasteiger partial charge on any atom is 0.337 e. The van der Waals surface area contributed by atoms with Crippen LogP contribution in [0.5, 0.6) is 0 Å². The Bertz CT molecular complexity index is 505. The van der Waals surface area contributed by atoms with E-state index in [1.807, 2.05) is 20.8 Å². The third kappa shape index (κ3) is 2.04. The lowest BCUT2D eigenvalue weighted by Crippen LogP contribution is -2.59. The number of hydrogen-bond donors (Lipinski definition) is 0. The van der Waals surface area contributed by atoms with Crippen LogP contribution in [0.25, 0.3) is 0 Å². The zero-order chi connectivity index (χ0) is 16.3. The summed E-state index contributed by atoms with van der Waals surface area (Å²) >= 11 is 2.25. The summed E-state index contributed by atoms with van der Waals surface area (Å²) in [6.45, 7) is 6.14. The number of carbonyl (C=O) groups excluding carboxylic acids is 2. The number of nitrogens with zero attached hydrogens (tertiary/aromatic N) is 1. The molecule has 3 aliphatic rings. The van der Waals surface area contributed by atoms with Crippen LogP contribution in [0.2, 0.25) is 0 Å². The molecule has 1 amide bonds. The van der Waals surface area contributed by atoms with E-state index >= 15 is 0 Å². The van der Waals surface area contributed by atoms with E-state index in [4.69, 9.17) is 14.2 Å². The lowest BCUT2D eigenvalue weighted by atomic mass is 9.88. The highest BCUT2D eigenvalue weighted by Crippen LogP contribution is 2.51. The maximum absolute atomic E-state index is 13.0. The van der Waals surface area contributed by atoms with Crippen LogP contribution in [0.4, 0.5) is 0 Å². The van der Waals surface area contributed by atoms with Crippen LogP contribution < -0.4 is 0 Å². The average molecular weight is 423 g/mol. The Hall–Kier alpha value is -0.410. The molecule has 0 aromatic carbocycles. The van der Waals surface area contributed by atoms with Crippen molar-refractivity contribution in [2.24, 2.45) is 11.3 Å². The molecule has 0 N–H and O–H groups in total. The van der Waals surface area contributed by atoms with Gasteiger partial charge in [-0.1, -0.05) is 43.4 Å². The number of ether oxygens (including phenoxy) is 3. The molecule has 3 aliphatic heterocycles. The largest absolute Gasteiger partial charge is 0.467 e. The Labute approximate surface area is 144 Å². The van der Waals surface area contributed by atoms with E-state index in [1.165, 1.54) is 7.11 Å². The lowest BCUT2D eigenvalue weighted by Gasteiger charge is -2.37. The number of hydrogen-bond acceptors (Lipinski definition) is 5. The van der Waals surface area contributed by atoms with Gasteiger partial charge in [-0.05, 0) is 6.42 Å². The maximum atomic E-state index is 13.0. The highest BCUT2D eigenvalue weighted by atomic mass is 127. The van der Waals surface area contributed by atoms with Crippen LogP contribution >= 0.6 is 22.6 Å². The van der Waals surface area contributed by atoms with Crippen LogP contribution in [0, 0.1) is 11.3 Å². The minimum absolute atomic E-state index is 0.0110. The van der Waals surface area contributed by atoms with Crippen LogP contribution in [-0.2, 0) is 23.8 Å². The first-order valence-electron chi connectivity index (χ1n) is 7.52. The van der Waals surface area contributed by atoms with E-state index in [-0.39, 0.29) is 30.0 Å². The van der Waals surface area contributed by atoms with E-state index in [0.717, 1.165) is 4.43 Å². The van der Waals surface area contributed by atoms with Gasteiger partial charge < -0.3 is 14.2 Å². The predicted molar refractivity (Wildman–Crippen MR) is 86.4 cm³/mol. The van der Waals surface area contributed by atoms with Gasteiger partial charge in [-0.2, -0.15) is 0 Å². The molecule has 6 nitrogen and oxygen atoms in total. The van der Waals surface area contributed by atoms with Crippen molar-refractivity contribution in [3.05, 3.63) is 0 Å². The van der Waals surface area contributed by atoms with Crippen molar-refractivity contribution in [2.45, 2.75) is 51.2 Å². The van der Waals surface area contributed by atoms with E-state index in [9.17, 15) is 9.59 Å². The summed E-state index contributed by atoms with van der Waals surface area (Å²) in [4.78, 5) is 27.2. The number of rotatable bonds is 2. The van der Waals surface area contributed by atoms with Gasteiger partial charge in [-0.25, -0.2) is 4.79 Å². The van der Waals surface area contributed by atoms with Crippen molar-refractivity contribution < 1.29 is 23.8 Å². The highest BCUT2D eigenvalue weighted by molar-refractivity contribution is 14.1. The second kappa shape index (κ2) is 5.31. The molecule has 0 unspecified atom stereocenters. The smallest absolute Gasteiger partial charge is 0.337 e. The zero-order valence-corrected chi connectivity index (χ0v) is 15.5. The van der Waals surface area contributed by atoms with E-state index in [2.05, 4.69) is 22.6 Å². The summed E-state index contributed by atoms with van der Waals surface area (Å²) < 4.78 is 17.8. The topological polar surface area (TPSA) is 65.1 Å². The molecule has 3 heterocycles. The zero-order valence-electron chi connectivity index (χ0n) is 13.3. The van der Waals surface area contributed by atoms with Crippen molar-refractivity contribution in [1.29, 1.82) is 0 Å². The van der Waals surface area contributed by atoms with Gasteiger partial charge in [0.25, 0.3) is 0 Å². The van der Waals surface area contributed by atoms with Crippen LogP contribution in [-0.4, -0.2) is 58.9 Å². The Balaban J connectivity index is 2.04. The summed E-state index contributed by atoms with van der Waals surface area (Å²) in [5, 5.41) is 0. The second-order valence-electron chi connectivity index (χ2n) is 7.33. The second-order valence-corrected chi connectivity index (χ2v) is 8.21. The summed E-state index contributed by atoms with van der Waals surface area (Å²) in [6.07, 6.45) is -0.235. The lowest BCUT2D eigenvalue weighted by molar-refractivity contribution is -0.164. The van der Waals surface area contributed by atoms with Gasteiger partial charge in [-0.15, -0.1) is 0 Å². The van der Waals surface area contributed by atoms with E-state index < -0.39 is 23.8 Å². The van der Waals surface area contributed by atoms with Gasteiger partial charge in [0.15, 0.2) is 5.54 Å². The minimum atomic E-state index is -1.13. The van der Waals surface area contributed by atoms with Crippen molar-refractivity contribution in [1.82, 2.24) is 4.90 Å². The Morgan fingerprint density at radius 3 is 2.73 bits per heavy atom. The third-order valence-corrected chi connectivity index (χ3v) is 5.81. The molecule has 0 radical (unpaired) electrons. The van der Waals surface area contributed by atoms with Gasteiger partial charge in [0, 0.05) is 9.84 Å².